The number of hydrogen-bond donors (Lipinski definition) is 0. The molecule has 0 N–H and O–H groups in total. The molecule has 3 nitrogen and oxygen atoms in total. The van der Waals surface area contributed by atoms with Crippen molar-refractivity contribution in [2.24, 2.45) is 0 Å². The van der Waals surface area contributed by atoms with Crippen molar-refractivity contribution in [2.45, 2.75) is 13.3 Å². The van der Waals surface area contributed by atoms with Gasteiger partial charge in [-0.3, -0.25) is 0 Å². The number of ether oxygens (including phenoxy) is 1. The lowest BCUT2D eigenvalue weighted by Crippen LogP contribution is -2.09. The lowest BCUT2D eigenvalue weighted by atomic mass is 10.2. The average molecular weight is 254 g/mol. The summed E-state index contributed by atoms with van der Waals surface area (Å²) in [5.41, 5.74) is -1.42. The third kappa shape index (κ3) is 2.63. The van der Waals surface area contributed by atoms with Crippen molar-refractivity contribution in [3.8, 4) is 0 Å². The van der Waals surface area contributed by atoms with E-state index >= 15 is 0 Å². The topological polar surface area (TPSA) is 39.2 Å². The molecule has 7 heteroatoms. The van der Waals surface area contributed by atoms with Gasteiger partial charge in [0.05, 0.1) is 17.2 Å². The number of halogens is 4. The average Bonchev–Trinajstić information content (AvgIpc) is 2.20. The molecule has 16 heavy (non-hydrogen) atoms. The Morgan fingerprint density at radius 1 is 1.62 bits per heavy atom. The van der Waals surface area contributed by atoms with E-state index in [9.17, 15) is 18.0 Å². The van der Waals surface area contributed by atoms with Crippen LogP contribution in [0.4, 0.5) is 13.2 Å². The molecule has 0 amide bonds. The predicted molar refractivity (Wildman–Crippen MR) is 50.1 cm³/mol. The standard InChI is InChI=1S/C9H7ClF3NO2/c1-2-16-9(15)4-3-5(11)14-7(6(4)10)8(12)13/h3,8H,2H2,1H3. The number of pyridine rings is 1. The molecule has 0 bridgehead atoms. The third-order valence-electron chi connectivity index (χ3n) is 1.65. The van der Waals surface area contributed by atoms with Crippen molar-refractivity contribution in [1.29, 1.82) is 0 Å². The highest BCUT2D eigenvalue weighted by atomic mass is 35.5. The van der Waals surface area contributed by atoms with E-state index in [4.69, 9.17) is 11.6 Å². The molecule has 0 aromatic carbocycles. The first kappa shape index (κ1) is 12.8. The molecule has 88 valence electrons. The zero-order chi connectivity index (χ0) is 12.3. The minimum atomic E-state index is -3.06. The van der Waals surface area contributed by atoms with Gasteiger partial charge in [-0.1, -0.05) is 11.6 Å². The Bertz CT molecular complexity index is 412. The summed E-state index contributed by atoms with van der Waals surface area (Å²) in [6.07, 6.45) is -3.06. The molecule has 1 heterocycles. The summed E-state index contributed by atoms with van der Waals surface area (Å²) in [7, 11) is 0. The van der Waals surface area contributed by atoms with E-state index < -0.39 is 34.6 Å². The fraction of sp³-hybridized carbons (Fsp3) is 0.333. The Kier molecular flexibility index (Phi) is 4.12. The largest absolute Gasteiger partial charge is 0.462 e. The quantitative estimate of drug-likeness (QED) is 0.614. The van der Waals surface area contributed by atoms with Gasteiger partial charge in [0.25, 0.3) is 6.43 Å². The molecular formula is C9H7ClF3NO2. The zero-order valence-corrected chi connectivity index (χ0v) is 8.89. The molecule has 0 unspecified atom stereocenters. The van der Waals surface area contributed by atoms with Crippen molar-refractivity contribution >= 4 is 17.6 Å². The number of aromatic nitrogens is 1. The van der Waals surface area contributed by atoms with Crippen LogP contribution in [0, 0.1) is 5.95 Å². The third-order valence-corrected chi connectivity index (χ3v) is 2.05. The molecule has 1 aromatic heterocycles. The van der Waals surface area contributed by atoms with E-state index in [2.05, 4.69) is 9.72 Å². The molecule has 1 aromatic rings. The van der Waals surface area contributed by atoms with Gasteiger partial charge < -0.3 is 4.74 Å². The van der Waals surface area contributed by atoms with Gasteiger partial charge in [0.2, 0.25) is 5.95 Å². The number of esters is 1. The molecule has 0 aliphatic rings. The minimum absolute atomic E-state index is 0.0309. The van der Waals surface area contributed by atoms with Crippen LogP contribution >= 0.6 is 11.6 Å². The van der Waals surface area contributed by atoms with Crippen LogP contribution in [0.1, 0.15) is 29.4 Å². The molecule has 0 aliphatic heterocycles. The normalized spacial score (nSPS) is 10.6. The lowest BCUT2D eigenvalue weighted by molar-refractivity contribution is 0.0525. The van der Waals surface area contributed by atoms with Gasteiger partial charge in [-0.2, -0.15) is 4.39 Å². The van der Waals surface area contributed by atoms with Gasteiger partial charge in [0.1, 0.15) is 5.69 Å². The Morgan fingerprint density at radius 3 is 2.75 bits per heavy atom. The van der Waals surface area contributed by atoms with E-state index in [-0.39, 0.29) is 6.61 Å². The first-order valence-corrected chi connectivity index (χ1v) is 4.66. The van der Waals surface area contributed by atoms with Gasteiger partial charge >= 0.3 is 5.97 Å². The molecule has 0 spiro atoms. The second-order valence-electron chi connectivity index (χ2n) is 2.71. The van der Waals surface area contributed by atoms with E-state index in [1.165, 1.54) is 6.92 Å². The van der Waals surface area contributed by atoms with Crippen LogP contribution in [-0.2, 0) is 4.74 Å². The first-order valence-electron chi connectivity index (χ1n) is 4.28. The van der Waals surface area contributed by atoms with Crippen LogP contribution in [-0.4, -0.2) is 17.6 Å². The number of hydrogen-bond acceptors (Lipinski definition) is 3. The van der Waals surface area contributed by atoms with Gasteiger partial charge in [-0.25, -0.2) is 18.6 Å². The molecule has 0 radical (unpaired) electrons. The van der Waals surface area contributed by atoms with Crippen molar-refractivity contribution in [3.63, 3.8) is 0 Å². The SMILES string of the molecule is CCOC(=O)c1cc(F)nc(C(F)F)c1Cl. The summed E-state index contributed by atoms with van der Waals surface area (Å²) < 4.78 is 42.1. The number of nitrogens with zero attached hydrogens (tertiary/aromatic N) is 1. The molecule has 0 atom stereocenters. The summed E-state index contributed by atoms with van der Waals surface area (Å²) in [6.45, 7) is 1.56. The second-order valence-corrected chi connectivity index (χ2v) is 3.09. The maximum absolute atomic E-state index is 12.9. The number of carbonyl (C=O) groups is 1. The molecule has 1 rings (SSSR count). The fourth-order valence-corrected chi connectivity index (χ4v) is 1.28. The van der Waals surface area contributed by atoms with Gasteiger partial charge in [0.15, 0.2) is 0 Å². The maximum atomic E-state index is 12.9. The minimum Gasteiger partial charge on any atom is -0.462 e. The summed E-state index contributed by atoms with van der Waals surface area (Å²) in [6, 6.07) is 0.659. The van der Waals surface area contributed by atoms with Gasteiger partial charge in [-0.05, 0) is 6.92 Å². The predicted octanol–water partition coefficient (Wildman–Crippen LogP) is 2.99. The highest BCUT2D eigenvalue weighted by Gasteiger charge is 2.23. The summed E-state index contributed by atoms with van der Waals surface area (Å²) in [5.74, 6) is -2.17. The van der Waals surface area contributed by atoms with Crippen molar-refractivity contribution in [2.75, 3.05) is 6.61 Å². The van der Waals surface area contributed by atoms with Crippen LogP contribution in [0.15, 0.2) is 6.07 Å². The Morgan fingerprint density at radius 2 is 2.25 bits per heavy atom. The van der Waals surface area contributed by atoms with Crippen LogP contribution in [0.5, 0.6) is 0 Å². The molecule has 0 saturated carbocycles. The van der Waals surface area contributed by atoms with Crippen LogP contribution in [0.25, 0.3) is 0 Å². The van der Waals surface area contributed by atoms with Gasteiger partial charge in [0, 0.05) is 6.07 Å². The molecule has 0 fully saturated rings. The van der Waals surface area contributed by atoms with E-state index in [1.54, 1.807) is 0 Å². The number of carbonyl (C=O) groups excluding carboxylic acids is 1. The summed E-state index contributed by atoms with van der Waals surface area (Å²) >= 11 is 5.50. The van der Waals surface area contributed by atoms with E-state index in [0.29, 0.717) is 6.07 Å². The van der Waals surface area contributed by atoms with E-state index in [1.807, 2.05) is 0 Å². The van der Waals surface area contributed by atoms with Crippen molar-refractivity contribution in [1.82, 2.24) is 4.98 Å². The lowest BCUT2D eigenvalue weighted by Gasteiger charge is -2.07. The molecular weight excluding hydrogens is 247 g/mol. The summed E-state index contributed by atoms with van der Waals surface area (Å²) in [4.78, 5) is 14.2. The highest BCUT2D eigenvalue weighted by molar-refractivity contribution is 6.34. The second kappa shape index (κ2) is 5.16. The fourth-order valence-electron chi connectivity index (χ4n) is 1.02. The Balaban J connectivity index is 3.24. The van der Waals surface area contributed by atoms with Gasteiger partial charge in [-0.15, -0.1) is 0 Å². The Hall–Kier alpha value is -1.30. The van der Waals surface area contributed by atoms with Crippen LogP contribution in [0.3, 0.4) is 0 Å². The van der Waals surface area contributed by atoms with Crippen LogP contribution in [0.2, 0.25) is 5.02 Å². The number of rotatable bonds is 3. The van der Waals surface area contributed by atoms with Crippen LogP contribution < -0.4 is 0 Å². The maximum Gasteiger partial charge on any atom is 0.339 e. The Labute approximate surface area is 94.2 Å². The smallest absolute Gasteiger partial charge is 0.339 e. The van der Waals surface area contributed by atoms with Crippen molar-refractivity contribution in [3.05, 3.63) is 28.3 Å². The summed E-state index contributed by atoms with van der Waals surface area (Å²) in [5, 5.41) is -0.588. The van der Waals surface area contributed by atoms with E-state index in [0.717, 1.165) is 0 Å². The molecule has 0 saturated heterocycles. The first-order chi connectivity index (χ1) is 7.47. The highest BCUT2D eigenvalue weighted by Crippen LogP contribution is 2.28. The monoisotopic (exact) mass is 253 g/mol. The van der Waals surface area contributed by atoms with Crippen molar-refractivity contribution < 1.29 is 22.7 Å². The molecule has 0 aliphatic carbocycles. The zero-order valence-electron chi connectivity index (χ0n) is 8.14. The number of alkyl halides is 2.